The van der Waals surface area contributed by atoms with E-state index >= 15 is 0 Å². The van der Waals surface area contributed by atoms with Crippen LogP contribution in [-0.4, -0.2) is 33.2 Å². The van der Waals surface area contributed by atoms with Crippen molar-refractivity contribution in [2.24, 2.45) is 12.8 Å². The lowest BCUT2D eigenvalue weighted by molar-refractivity contribution is -0.120. The maximum atomic E-state index is 11.6. The number of primary amides is 1. The number of amides is 1. The normalized spacial score (nSPS) is 25.3. The van der Waals surface area contributed by atoms with Crippen molar-refractivity contribution >= 4 is 5.91 Å². The van der Waals surface area contributed by atoms with Crippen molar-refractivity contribution in [3.05, 3.63) is 17.5 Å². The van der Waals surface area contributed by atoms with Crippen LogP contribution in [0, 0.1) is 0 Å². The van der Waals surface area contributed by atoms with Gasteiger partial charge < -0.3 is 5.73 Å². The largest absolute Gasteiger partial charge is 0.369 e. The number of carbonyl (C=O) groups is 1. The minimum absolute atomic E-state index is 0.240. The van der Waals surface area contributed by atoms with Crippen LogP contribution in [0.4, 0.5) is 0 Å². The van der Waals surface area contributed by atoms with Gasteiger partial charge in [0, 0.05) is 37.9 Å². The first kappa shape index (κ1) is 11.7. The molecule has 0 saturated heterocycles. The highest BCUT2D eigenvalue weighted by Crippen LogP contribution is 2.32. The lowest BCUT2D eigenvalue weighted by Gasteiger charge is -2.34. The number of aryl methyl sites for hydroxylation is 1. The van der Waals surface area contributed by atoms with Gasteiger partial charge in [0.15, 0.2) is 0 Å². The van der Waals surface area contributed by atoms with Crippen molar-refractivity contribution in [2.75, 3.05) is 6.54 Å². The van der Waals surface area contributed by atoms with Crippen LogP contribution in [0.2, 0.25) is 0 Å². The summed E-state index contributed by atoms with van der Waals surface area (Å²) in [6.07, 6.45) is 7.14. The Morgan fingerprint density at radius 2 is 2.17 bits per heavy atom. The van der Waals surface area contributed by atoms with Crippen molar-refractivity contribution in [3.8, 4) is 0 Å². The van der Waals surface area contributed by atoms with Gasteiger partial charge in [-0.2, -0.15) is 5.10 Å². The Bertz CT molecular complexity index is 462. The quantitative estimate of drug-likeness (QED) is 0.840. The molecule has 1 atom stereocenters. The van der Waals surface area contributed by atoms with Crippen molar-refractivity contribution < 1.29 is 4.79 Å². The third-order valence-electron chi connectivity index (χ3n) is 4.24. The van der Waals surface area contributed by atoms with E-state index in [-0.39, 0.29) is 11.8 Å². The van der Waals surface area contributed by atoms with Gasteiger partial charge >= 0.3 is 0 Å². The molecule has 2 heterocycles. The van der Waals surface area contributed by atoms with E-state index in [9.17, 15) is 4.79 Å². The average Bonchev–Trinajstić information content (AvgIpc) is 2.93. The van der Waals surface area contributed by atoms with E-state index in [4.69, 9.17) is 5.73 Å². The molecule has 1 saturated carbocycles. The topological polar surface area (TPSA) is 64.2 Å². The molecule has 1 aliphatic carbocycles. The zero-order valence-electron chi connectivity index (χ0n) is 10.8. The lowest BCUT2D eigenvalue weighted by atomic mass is 9.94. The molecule has 18 heavy (non-hydrogen) atoms. The Morgan fingerprint density at radius 1 is 1.44 bits per heavy atom. The number of hydrogen-bond donors (Lipinski definition) is 1. The fraction of sp³-hybridized carbons (Fsp3) is 0.692. The van der Waals surface area contributed by atoms with Gasteiger partial charge in [-0.05, 0) is 12.8 Å². The first-order valence-electron chi connectivity index (χ1n) is 6.71. The second-order valence-electron chi connectivity index (χ2n) is 5.54. The van der Waals surface area contributed by atoms with E-state index in [0.717, 1.165) is 18.8 Å². The Hall–Kier alpha value is -1.36. The Balaban J connectivity index is 1.89. The summed E-state index contributed by atoms with van der Waals surface area (Å²) in [5.74, 6) is -0.492. The molecule has 0 bridgehead atoms. The minimum atomic E-state index is -0.252. The Kier molecular flexibility index (Phi) is 2.86. The molecule has 0 aromatic carbocycles. The molecule has 5 heteroatoms. The molecular weight excluding hydrogens is 228 g/mol. The molecule has 1 unspecified atom stereocenters. The second-order valence-corrected chi connectivity index (χ2v) is 5.54. The summed E-state index contributed by atoms with van der Waals surface area (Å²) in [6, 6.07) is 0.625. The summed E-state index contributed by atoms with van der Waals surface area (Å²) in [7, 11) is 1.90. The zero-order valence-corrected chi connectivity index (χ0v) is 10.8. The maximum absolute atomic E-state index is 11.6. The van der Waals surface area contributed by atoms with Gasteiger partial charge in [-0.15, -0.1) is 0 Å². The SMILES string of the molecule is Cn1cc2c(n1)C(C(N)=O)CN(C1CCCC1)C2. The molecule has 5 nitrogen and oxygen atoms in total. The summed E-state index contributed by atoms with van der Waals surface area (Å²) < 4.78 is 1.79. The smallest absolute Gasteiger partial charge is 0.227 e. The van der Waals surface area contributed by atoms with Gasteiger partial charge in [-0.25, -0.2) is 0 Å². The van der Waals surface area contributed by atoms with E-state index in [1.165, 1.54) is 31.2 Å². The van der Waals surface area contributed by atoms with E-state index < -0.39 is 0 Å². The fourth-order valence-electron chi connectivity index (χ4n) is 3.35. The van der Waals surface area contributed by atoms with Crippen LogP contribution in [-0.2, 0) is 18.4 Å². The van der Waals surface area contributed by atoms with Crippen LogP contribution in [0.15, 0.2) is 6.20 Å². The van der Waals surface area contributed by atoms with Crippen LogP contribution in [0.5, 0.6) is 0 Å². The van der Waals surface area contributed by atoms with E-state index in [1.54, 1.807) is 4.68 Å². The Labute approximate surface area is 107 Å². The molecular formula is C13H20N4O. The van der Waals surface area contributed by atoms with Crippen LogP contribution in [0.25, 0.3) is 0 Å². The van der Waals surface area contributed by atoms with Gasteiger partial charge in [-0.1, -0.05) is 12.8 Å². The van der Waals surface area contributed by atoms with Crippen LogP contribution in [0.1, 0.15) is 42.9 Å². The Morgan fingerprint density at radius 3 is 2.83 bits per heavy atom. The van der Waals surface area contributed by atoms with Gasteiger partial charge in [0.25, 0.3) is 0 Å². The first-order valence-corrected chi connectivity index (χ1v) is 6.71. The highest BCUT2D eigenvalue weighted by Gasteiger charge is 2.35. The van der Waals surface area contributed by atoms with Gasteiger partial charge in [0.05, 0.1) is 11.6 Å². The van der Waals surface area contributed by atoms with Crippen LogP contribution in [0.3, 0.4) is 0 Å². The third kappa shape index (κ3) is 1.92. The minimum Gasteiger partial charge on any atom is -0.369 e. The molecule has 1 fully saturated rings. The van der Waals surface area contributed by atoms with E-state index in [1.807, 2.05) is 13.2 Å². The molecule has 0 spiro atoms. The maximum Gasteiger partial charge on any atom is 0.227 e. The summed E-state index contributed by atoms with van der Waals surface area (Å²) >= 11 is 0. The number of rotatable bonds is 2. The van der Waals surface area contributed by atoms with Crippen molar-refractivity contribution in [1.29, 1.82) is 0 Å². The van der Waals surface area contributed by atoms with Crippen LogP contribution < -0.4 is 5.73 Å². The molecule has 1 aromatic rings. The number of nitrogens with zero attached hydrogens (tertiary/aromatic N) is 3. The number of aromatic nitrogens is 2. The number of hydrogen-bond acceptors (Lipinski definition) is 3. The molecule has 2 N–H and O–H groups in total. The molecule has 98 valence electrons. The van der Waals surface area contributed by atoms with Crippen molar-refractivity contribution in [1.82, 2.24) is 14.7 Å². The molecule has 2 aliphatic rings. The van der Waals surface area contributed by atoms with Gasteiger partial charge in [0.1, 0.15) is 0 Å². The predicted octanol–water partition coefficient (Wildman–Crippen LogP) is 0.747. The summed E-state index contributed by atoms with van der Waals surface area (Å²) in [5.41, 5.74) is 7.59. The van der Waals surface area contributed by atoms with Crippen molar-refractivity contribution in [3.63, 3.8) is 0 Å². The summed E-state index contributed by atoms with van der Waals surface area (Å²) in [4.78, 5) is 14.1. The standard InChI is InChI=1S/C13H20N4O/c1-16-6-9-7-17(10-4-2-3-5-10)8-11(13(14)18)12(9)15-16/h6,10-11H,2-5,7-8H2,1H3,(H2,14,18). The predicted molar refractivity (Wildman–Crippen MR) is 67.8 cm³/mol. The number of carbonyl (C=O) groups excluding carboxylic acids is 1. The number of nitrogens with two attached hydrogens (primary N) is 1. The first-order chi connectivity index (χ1) is 8.65. The number of fused-ring (bicyclic) bond motifs is 1. The fourth-order valence-corrected chi connectivity index (χ4v) is 3.35. The lowest BCUT2D eigenvalue weighted by Crippen LogP contribution is -2.43. The third-order valence-corrected chi connectivity index (χ3v) is 4.24. The van der Waals surface area contributed by atoms with E-state index in [0.29, 0.717) is 6.04 Å². The molecule has 1 aromatic heterocycles. The molecule has 1 amide bonds. The monoisotopic (exact) mass is 248 g/mol. The van der Waals surface area contributed by atoms with Crippen molar-refractivity contribution in [2.45, 2.75) is 44.2 Å². The average molecular weight is 248 g/mol. The summed E-state index contributed by atoms with van der Waals surface area (Å²) in [5, 5.41) is 4.40. The van der Waals surface area contributed by atoms with Gasteiger partial charge in [0.2, 0.25) is 5.91 Å². The molecule has 0 radical (unpaired) electrons. The summed E-state index contributed by atoms with van der Waals surface area (Å²) in [6.45, 7) is 1.65. The molecule has 1 aliphatic heterocycles. The zero-order chi connectivity index (χ0) is 12.7. The van der Waals surface area contributed by atoms with E-state index in [2.05, 4.69) is 10.00 Å². The highest BCUT2D eigenvalue weighted by molar-refractivity contribution is 5.82. The second kappa shape index (κ2) is 4.39. The molecule has 3 rings (SSSR count). The van der Waals surface area contributed by atoms with Crippen LogP contribution >= 0.6 is 0 Å². The van der Waals surface area contributed by atoms with Gasteiger partial charge in [-0.3, -0.25) is 14.4 Å². The highest BCUT2D eigenvalue weighted by atomic mass is 16.1.